The van der Waals surface area contributed by atoms with Crippen LogP contribution in [0.15, 0.2) is 0 Å². The summed E-state index contributed by atoms with van der Waals surface area (Å²) in [6, 6.07) is 0. The summed E-state index contributed by atoms with van der Waals surface area (Å²) in [6.07, 6.45) is 2.36. The van der Waals surface area contributed by atoms with Gasteiger partial charge in [0.1, 0.15) is 9.84 Å². The molecule has 0 aliphatic heterocycles. The molecule has 0 radical (unpaired) electrons. The van der Waals surface area contributed by atoms with Gasteiger partial charge in [0, 0.05) is 17.2 Å². The van der Waals surface area contributed by atoms with E-state index in [-0.39, 0.29) is 5.75 Å². The van der Waals surface area contributed by atoms with Gasteiger partial charge in [0.15, 0.2) is 0 Å². The lowest BCUT2D eigenvalue weighted by atomic mass is 10.5. The number of hydrogen-bond donors (Lipinski definition) is 1. The summed E-state index contributed by atoms with van der Waals surface area (Å²) < 4.78 is 22.4. The van der Waals surface area contributed by atoms with Crippen LogP contribution in [0.1, 0.15) is 6.42 Å². The Morgan fingerprint density at radius 1 is 1.36 bits per heavy atom. The number of hydrogen-bond acceptors (Lipinski definition) is 3. The van der Waals surface area contributed by atoms with E-state index >= 15 is 0 Å². The van der Waals surface area contributed by atoms with Crippen molar-refractivity contribution in [2.24, 2.45) is 0 Å². The maximum atomic E-state index is 10.6. The lowest BCUT2D eigenvalue weighted by Crippen LogP contribution is -2.23. The second-order valence-electron chi connectivity index (χ2n) is 2.42. The molecule has 0 heterocycles. The minimum atomic E-state index is -2.78. The molecule has 0 aliphatic rings. The number of nitrogens with one attached hydrogen (secondary N) is 1. The molecule has 0 rings (SSSR count). The average molecular weight is 291 g/mol. The van der Waals surface area contributed by atoms with E-state index in [1.807, 2.05) is 0 Å². The highest BCUT2D eigenvalue weighted by Crippen LogP contribution is 1.85. The van der Waals surface area contributed by atoms with E-state index in [1.54, 1.807) is 0 Å². The second kappa shape index (κ2) is 6.19. The predicted molar refractivity (Wildman–Crippen MR) is 56.1 cm³/mol. The zero-order valence-electron chi connectivity index (χ0n) is 6.64. The van der Waals surface area contributed by atoms with E-state index in [0.717, 1.165) is 17.4 Å². The summed E-state index contributed by atoms with van der Waals surface area (Å²) in [5.74, 6) is 0.244. The summed E-state index contributed by atoms with van der Waals surface area (Å²) in [4.78, 5) is 0. The van der Waals surface area contributed by atoms with Crippen LogP contribution in [-0.2, 0) is 9.84 Å². The van der Waals surface area contributed by atoms with Crippen molar-refractivity contribution >= 4 is 32.4 Å². The van der Waals surface area contributed by atoms with Crippen molar-refractivity contribution in [1.82, 2.24) is 5.32 Å². The van der Waals surface area contributed by atoms with E-state index in [4.69, 9.17) is 0 Å². The monoisotopic (exact) mass is 291 g/mol. The average Bonchev–Trinajstić information content (AvgIpc) is 1.85. The van der Waals surface area contributed by atoms with Crippen molar-refractivity contribution in [3.05, 3.63) is 0 Å². The van der Waals surface area contributed by atoms with E-state index in [9.17, 15) is 8.42 Å². The Labute approximate surface area is 82.0 Å². The fourth-order valence-corrected chi connectivity index (χ4v) is 1.47. The van der Waals surface area contributed by atoms with E-state index in [1.165, 1.54) is 6.26 Å². The molecule has 1 N–H and O–H groups in total. The largest absolute Gasteiger partial charge is 0.316 e. The third-order valence-electron chi connectivity index (χ3n) is 1.14. The van der Waals surface area contributed by atoms with Gasteiger partial charge in [-0.25, -0.2) is 8.42 Å². The van der Waals surface area contributed by atoms with Gasteiger partial charge >= 0.3 is 0 Å². The van der Waals surface area contributed by atoms with Crippen LogP contribution in [0.25, 0.3) is 0 Å². The number of halogens is 1. The van der Waals surface area contributed by atoms with Crippen LogP contribution in [-0.4, -0.2) is 37.9 Å². The Kier molecular flexibility index (Phi) is 6.55. The molecule has 0 unspecified atom stereocenters. The van der Waals surface area contributed by atoms with Crippen LogP contribution < -0.4 is 5.32 Å². The molecule has 0 bridgehead atoms. The molecule has 5 heteroatoms. The zero-order valence-corrected chi connectivity index (χ0v) is 9.61. The van der Waals surface area contributed by atoms with Crippen LogP contribution in [0, 0.1) is 0 Å². The first-order chi connectivity index (χ1) is 5.06. The predicted octanol–water partition coefficient (Wildman–Crippen LogP) is 0.446. The summed E-state index contributed by atoms with van der Waals surface area (Å²) in [7, 11) is -2.78. The third-order valence-corrected chi connectivity index (χ3v) is 2.85. The van der Waals surface area contributed by atoms with Gasteiger partial charge in [-0.3, -0.25) is 0 Å². The summed E-state index contributed by atoms with van der Waals surface area (Å²) in [5.41, 5.74) is 0. The number of rotatable bonds is 6. The van der Waals surface area contributed by atoms with E-state index in [2.05, 4.69) is 27.9 Å². The van der Waals surface area contributed by atoms with Crippen LogP contribution >= 0.6 is 22.6 Å². The summed E-state index contributed by atoms with van der Waals surface area (Å²) in [5, 5.41) is 3.06. The van der Waals surface area contributed by atoms with Gasteiger partial charge in [0.2, 0.25) is 0 Å². The van der Waals surface area contributed by atoms with Gasteiger partial charge in [-0.1, -0.05) is 22.6 Å². The summed E-state index contributed by atoms with van der Waals surface area (Å²) in [6.45, 7) is 1.49. The molecule has 0 fully saturated rings. The molecule has 68 valence electrons. The number of alkyl halides is 1. The molecular weight excluding hydrogens is 277 g/mol. The Morgan fingerprint density at radius 3 is 2.45 bits per heavy atom. The molecule has 11 heavy (non-hydrogen) atoms. The first kappa shape index (κ1) is 11.6. The Morgan fingerprint density at radius 2 is 2.00 bits per heavy atom. The first-order valence-electron chi connectivity index (χ1n) is 3.50. The zero-order chi connectivity index (χ0) is 8.74. The Bertz CT molecular complexity index is 179. The molecule has 3 nitrogen and oxygen atoms in total. The van der Waals surface area contributed by atoms with Gasteiger partial charge in [-0.05, 0) is 13.0 Å². The van der Waals surface area contributed by atoms with Gasteiger partial charge in [0.05, 0.1) is 5.75 Å². The molecule has 0 aromatic heterocycles. The minimum absolute atomic E-state index is 0.244. The smallest absolute Gasteiger partial charge is 0.148 e. The Hall–Kier alpha value is 0.640. The summed E-state index contributed by atoms with van der Waals surface area (Å²) >= 11 is 2.30. The van der Waals surface area contributed by atoms with Gasteiger partial charge in [-0.15, -0.1) is 0 Å². The van der Waals surface area contributed by atoms with E-state index in [0.29, 0.717) is 6.54 Å². The van der Waals surface area contributed by atoms with Crippen molar-refractivity contribution in [2.75, 3.05) is 29.5 Å². The fraction of sp³-hybridized carbons (Fsp3) is 1.00. The number of sulfone groups is 1. The standard InChI is InChI=1S/C6H14INO2S/c1-11(9,10)6-5-8-4-2-3-7/h8H,2-6H2,1H3. The normalized spacial score (nSPS) is 11.8. The van der Waals surface area contributed by atoms with Crippen molar-refractivity contribution in [2.45, 2.75) is 6.42 Å². The van der Waals surface area contributed by atoms with Crippen molar-refractivity contribution < 1.29 is 8.42 Å². The highest BCUT2D eigenvalue weighted by atomic mass is 127. The molecule has 0 amide bonds. The second-order valence-corrected chi connectivity index (χ2v) is 5.76. The topological polar surface area (TPSA) is 46.2 Å². The van der Waals surface area contributed by atoms with Gasteiger partial charge in [-0.2, -0.15) is 0 Å². The van der Waals surface area contributed by atoms with Crippen LogP contribution in [0.2, 0.25) is 0 Å². The molecule has 0 saturated heterocycles. The maximum absolute atomic E-state index is 10.6. The van der Waals surface area contributed by atoms with Crippen LogP contribution in [0.3, 0.4) is 0 Å². The highest BCUT2D eigenvalue weighted by molar-refractivity contribution is 14.1. The Balaban J connectivity index is 3.16. The lowest BCUT2D eigenvalue weighted by Gasteiger charge is -2.00. The molecular formula is C6H14INO2S. The van der Waals surface area contributed by atoms with E-state index < -0.39 is 9.84 Å². The molecule has 0 spiro atoms. The van der Waals surface area contributed by atoms with Crippen LogP contribution in [0.4, 0.5) is 0 Å². The van der Waals surface area contributed by atoms with Crippen molar-refractivity contribution in [3.8, 4) is 0 Å². The van der Waals surface area contributed by atoms with Gasteiger partial charge < -0.3 is 5.32 Å². The van der Waals surface area contributed by atoms with Crippen molar-refractivity contribution in [3.63, 3.8) is 0 Å². The molecule has 0 aromatic carbocycles. The maximum Gasteiger partial charge on any atom is 0.148 e. The van der Waals surface area contributed by atoms with Crippen molar-refractivity contribution in [1.29, 1.82) is 0 Å². The third kappa shape index (κ3) is 10.6. The lowest BCUT2D eigenvalue weighted by molar-refractivity contribution is 0.596. The molecule has 0 saturated carbocycles. The van der Waals surface area contributed by atoms with Gasteiger partial charge in [0.25, 0.3) is 0 Å². The molecule has 0 aliphatic carbocycles. The molecule has 0 atom stereocenters. The van der Waals surface area contributed by atoms with Crippen LogP contribution in [0.5, 0.6) is 0 Å². The fourth-order valence-electron chi connectivity index (χ4n) is 0.574. The highest BCUT2D eigenvalue weighted by Gasteiger charge is 1.99. The first-order valence-corrected chi connectivity index (χ1v) is 7.09. The molecule has 0 aromatic rings. The quantitative estimate of drug-likeness (QED) is 0.439. The SMILES string of the molecule is CS(=O)(=O)CCNCCCI. The minimum Gasteiger partial charge on any atom is -0.316 e.